The quantitative estimate of drug-likeness (QED) is 0.779. The Hall–Kier alpha value is -1.27. The van der Waals surface area contributed by atoms with E-state index in [0.29, 0.717) is 28.8 Å². The first kappa shape index (κ1) is 12.2. The normalized spacial score (nSPS) is 22.9. The van der Waals surface area contributed by atoms with Gasteiger partial charge in [0.05, 0.1) is 6.10 Å². The molecule has 0 atom stereocenters. The second-order valence-electron chi connectivity index (χ2n) is 4.25. The average molecular weight is 252 g/mol. The van der Waals surface area contributed by atoms with Crippen molar-refractivity contribution in [2.24, 2.45) is 5.73 Å². The van der Waals surface area contributed by atoms with Crippen LogP contribution in [-0.2, 0) is 4.74 Å². The van der Waals surface area contributed by atoms with Gasteiger partial charge in [0, 0.05) is 18.8 Å². The molecule has 1 aromatic heterocycles. The lowest BCUT2D eigenvalue weighted by atomic mass is 9.89. The molecule has 0 amide bonds. The molecule has 1 aliphatic carbocycles. The monoisotopic (exact) mass is 252 g/mol. The van der Waals surface area contributed by atoms with Crippen molar-refractivity contribution in [3.63, 3.8) is 0 Å². The SMILES string of the molecule is COC1CC(Nc2nc(C)cc(C(N)=S)n2)C1. The Morgan fingerprint density at radius 1 is 1.53 bits per heavy atom. The lowest BCUT2D eigenvalue weighted by Crippen LogP contribution is -2.40. The van der Waals surface area contributed by atoms with Crippen LogP contribution in [0.5, 0.6) is 0 Å². The number of hydrogen-bond donors (Lipinski definition) is 2. The molecule has 1 saturated carbocycles. The largest absolute Gasteiger partial charge is 0.388 e. The van der Waals surface area contributed by atoms with Crippen LogP contribution in [0.15, 0.2) is 6.07 Å². The first-order chi connectivity index (χ1) is 8.08. The van der Waals surface area contributed by atoms with E-state index in [1.54, 1.807) is 13.2 Å². The molecule has 92 valence electrons. The van der Waals surface area contributed by atoms with Crippen molar-refractivity contribution in [3.05, 3.63) is 17.5 Å². The molecule has 1 fully saturated rings. The van der Waals surface area contributed by atoms with E-state index >= 15 is 0 Å². The molecule has 0 radical (unpaired) electrons. The molecule has 0 unspecified atom stereocenters. The predicted molar refractivity (Wildman–Crippen MR) is 70.1 cm³/mol. The maximum absolute atomic E-state index is 5.57. The van der Waals surface area contributed by atoms with Crippen LogP contribution in [0.1, 0.15) is 24.2 Å². The summed E-state index contributed by atoms with van der Waals surface area (Å²) in [5, 5.41) is 3.26. The lowest BCUT2D eigenvalue weighted by molar-refractivity contribution is 0.0327. The van der Waals surface area contributed by atoms with Crippen LogP contribution in [0.4, 0.5) is 5.95 Å². The molecule has 0 bridgehead atoms. The number of anilines is 1. The third-order valence-electron chi connectivity index (χ3n) is 2.87. The predicted octanol–water partition coefficient (Wildman–Crippen LogP) is 1.01. The van der Waals surface area contributed by atoms with Gasteiger partial charge in [0.15, 0.2) is 0 Å². The standard InChI is InChI=1S/C11H16N4OS/c1-6-3-9(10(12)17)15-11(13-6)14-7-4-8(5-7)16-2/h3,7-8H,4-5H2,1-2H3,(H2,12,17)(H,13,14,15). The molecule has 0 spiro atoms. The van der Waals surface area contributed by atoms with E-state index < -0.39 is 0 Å². The number of ether oxygens (including phenoxy) is 1. The van der Waals surface area contributed by atoms with E-state index in [1.807, 2.05) is 6.92 Å². The molecular weight excluding hydrogens is 236 g/mol. The fourth-order valence-corrected chi connectivity index (χ4v) is 1.92. The number of nitrogens with two attached hydrogens (primary N) is 1. The molecule has 1 heterocycles. The minimum atomic E-state index is 0.293. The summed E-state index contributed by atoms with van der Waals surface area (Å²) < 4.78 is 5.22. The molecule has 1 aromatic rings. The average Bonchev–Trinajstić information content (AvgIpc) is 2.21. The Labute approximate surface area is 106 Å². The number of aromatic nitrogens is 2. The highest BCUT2D eigenvalue weighted by Gasteiger charge is 2.29. The zero-order chi connectivity index (χ0) is 12.4. The van der Waals surface area contributed by atoms with Crippen LogP contribution >= 0.6 is 12.2 Å². The highest BCUT2D eigenvalue weighted by Crippen LogP contribution is 2.25. The number of nitrogens with one attached hydrogen (secondary N) is 1. The zero-order valence-corrected chi connectivity index (χ0v) is 10.8. The maximum atomic E-state index is 5.57. The molecule has 3 N–H and O–H groups in total. The van der Waals surface area contributed by atoms with Gasteiger partial charge in [-0.15, -0.1) is 0 Å². The van der Waals surface area contributed by atoms with Gasteiger partial charge in [-0.1, -0.05) is 12.2 Å². The van der Waals surface area contributed by atoms with Gasteiger partial charge in [-0.25, -0.2) is 9.97 Å². The maximum Gasteiger partial charge on any atom is 0.223 e. The van der Waals surface area contributed by atoms with Gasteiger partial charge in [0.25, 0.3) is 0 Å². The van der Waals surface area contributed by atoms with Crippen LogP contribution in [-0.4, -0.2) is 34.2 Å². The number of methoxy groups -OCH3 is 1. The summed E-state index contributed by atoms with van der Waals surface area (Å²) >= 11 is 4.91. The van der Waals surface area contributed by atoms with Crippen molar-refractivity contribution in [2.75, 3.05) is 12.4 Å². The number of thiocarbonyl (C=S) groups is 1. The topological polar surface area (TPSA) is 73.1 Å². The Morgan fingerprint density at radius 3 is 2.82 bits per heavy atom. The molecule has 0 aliphatic heterocycles. The van der Waals surface area contributed by atoms with Crippen molar-refractivity contribution >= 4 is 23.2 Å². The molecule has 17 heavy (non-hydrogen) atoms. The smallest absolute Gasteiger partial charge is 0.223 e. The summed E-state index contributed by atoms with van der Waals surface area (Å²) in [7, 11) is 1.73. The van der Waals surface area contributed by atoms with E-state index in [-0.39, 0.29) is 0 Å². The molecule has 5 nitrogen and oxygen atoms in total. The Morgan fingerprint density at radius 2 is 2.24 bits per heavy atom. The fraction of sp³-hybridized carbons (Fsp3) is 0.545. The van der Waals surface area contributed by atoms with Gasteiger partial charge in [0.1, 0.15) is 10.7 Å². The summed E-state index contributed by atoms with van der Waals surface area (Å²) in [5.74, 6) is 0.590. The molecule has 0 aromatic carbocycles. The van der Waals surface area contributed by atoms with Gasteiger partial charge in [0.2, 0.25) is 5.95 Å². The summed E-state index contributed by atoms with van der Waals surface area (Å²) in [6.07, 6.45) is 2.32. The number of hydrogen-bond acceptors (Lipinski definition) is 5. The number of aryl methyl sites for hydroxylation is 1. The van der Waals surface area contributed by atoms with E-state index in [9.17, 15) is 0 Å². The minimum absolute atomic E-state index is 0.293. The van der Waals surface area contributed by atoms with E-state index in [2.05, 4.69) is 15.3 Å². The molecule has 1 aliphatic rings. The Bertz CT molecular complexity index is 431. The summed E-state index contributed by atoms with van der Waals surface area (Å²) in [6.45, 7) is 1.90. The zero-order valence-electron chi connectivity index (χ0n) is 9.93. The number of rotatable bonds is 4. The minimum Gasteiger partial charge on any atom is -0.388 e. The van der Waals surface area contributed by atoms with Crippen molar-refractivity contribution in [1.82, 2.24) is 9.97 Å². The van der Waals surface area contributed by atoms with E-state index in [4.69, 9.17) is 22.7 Å². The van der Waals surface area contributed by atoms with Crippen LogP contribution in [0, 0.1) is 6.92 Å². The lowest BCUT2D eigenvalue weighted by Gasteiger charge is -2.34. The summed E-state index contributed by atoms with van der Waals surface area (Å²) in [6, 6.07) is 2.16. The van der Waals surface area contributed by atoms with Crippen molar-refractivity contribution in [1.29, 1.82) is 0 Å². The third-order valence-corrected chi connectivity index (χ3v) is 3.08. The fourth-order valence-electron chi connectivity index (χ4n) is 1.82. The highest BCUT2D eigenvalue weighted by atomic mass is 32.1. The van der Waals surface area contributed by atoms with Gasteiger partial charge in [-0.2, -0.15) is 0 Å². The first-order valence-electron chi connectivity index (χ1n) is 5.53. The summed E-state index contributed by atoms with van der Waals surface area (Å²) in [4.78, 5) is 8.88. The van der Waals surface area contributed by atoms with Crippen LogP contribution in [0.2, 0.25) is 0 Å². The van der Waals surface area contributed by atoms with Crippen LogP contribution in [0.25, 0.3) is 0 Å². The van der Waals surface area contributed by atoms with Crippen LogP contribution < -0.4 is 11.1 Å². The van der Waals surface area contributed by atoms with Crippen LogP contribution in [0.3, 0.4) is 0 Å². The van der Waals surface area contributed by atoms with Gasteiger partial charge < -0.3 is 15.8 Å². The van der Waals surface area contributed by atoms with Gasteiger partial charge in [-0.05, 0) is 25.8 Å². The Balaban J connectivity index is 2.04. The van der Waals surface area contributed by atoms with Crippen molar-refractivity contribution < 1.29 is 4.74 Å². The second kappa shape index (κ2) is 4.93. The highest BCUT2D eigenvalue weighted by molar-refractivity contribution is 7.80. The summed E-state index contributed by atoms with van der Waals surface area (Å²) in [5.41, 5.74) is 7.03. The second-order valence-corrected chi connectivity index (χ2v) is 4.69. The van der Waals surface area contributed by atoms with Gasteiger partial charge >= 0.3 is 0 Å². The number of nitrogens with zero attached hydrogens (tertiary/aromatic N) is 2. The third kappa shape index (κ3) is 2.89. The van der Waals surface area contributed by atoms with E-state index in [0.717, 1.165) is 18.5 Å². The van der Waals surface area contributed by atoms with E-state index in [1.165, 1.54) is 0 Å². The van der Waals surface area contributed by atoms with Crippen molar-refractivity contribution in [3.8, 4) is 0 Å². The molecule has 2 rings (SSSR count). The molecule has 0 saturated heterocycles. The Kier molecular flexibility index (Phi) is 3.54. The van der Waals surface area contributed by atoms with Crippen molar-refractivity contribution in [2.45, 2.75) is 31.9 Å². The first-order valence-corrected chi connectivity index (χ1v) is 5.94. The molecular formula is C11H16N4OS. The van der Waals surface area contributed by atoms with Gasteiger partial charge in [-0.3, -0.25) is 0 Å². The molecule has 6 heteroatoms.